The van der Waals surface area contributed by atoms with E-state index in [0.717, 1.165) is 46.7 Å². The van der Waals surface area contributed by atoms with Crippen LogP contribution in [0, 0.1) is 0 Å². The quantitative estimate of drug-likeness (QED) is 0.427. The van der Waals surface area contributed by atoms with Gasteiger partial charge in [0.1, 0.15) is 5.82 Å². The number of aromatic nitrogens is 4. The van der Waals surface area contributed by atoms with E-state index in [9.17, 15) is 9.59 Å². The van der Waals surface area contributed by atoms with Gasteiger partial charge in [-0.2, -0.15) is 9.61 Å². The molecule has 0 bridgehead atoms. The SMILES string of the molecule is C=Cc1cnn2c(NCc3cccnc3)cc(C3CCN(C(=O)C4CC(=O)c5ccccc54)CC3)nc12. The number of carbonyl (C=O) groups is 2. The molecule has 1 saturated heterocycles. The Bertz CT molecular complexity index is 1490. The van der Waals surface area contributed by atoms with Gasteiger partial charge in [-0.15, -0.1) is 0 Å². The fourth-order valence-electron chi connectivity index (χ4n) is 5.47. The zero-order chi connectivity index (χ0) is 25.4. The second kappa shape index (κ2) is 9.61. The molecule has 1 atom stereocenters. The predicted molar refractivity (Wildman–Crippen MR) is 141 cm³/mol. The summed E-state index contributed by atoms with van der Waals surface area (Å²) >= 11 is 0. The van der Waals surface area contributed by atoms with E-state index in [1.54, 1.807) is 18.5 Å². The molecule has 4 heterocycles. The van der Waals surface area contributed by atoms with Gasteiger partial charge in [0.15, 0.2) is 11.4 Å². The van der Waals surface area contributed by atoms with Crippen molar-refractivity contribution in [1.29, 1.82) is 0 Å². The molecule has 37 heavy (non-hydrogen) atoms. The van der Waals surface area contributed by atoms with Gasteiger partial charge in [-0.3, -0.25) is 14.6 Å². The van der Waals surface area contributed by atoms with E-state index < -0.39 is 0 Å². The van der Waals surface area contributed by atoms with Gasteiger partial charge < -0.3 is 10.2 Å². The number of carbonyl (C=O) groups excluding carboxylic acids is 2. The molecule has 1 aliphatic carbocycles. The Morgan fingerprint density at radius 2 is 1.97 bits per heavy atom. The van der Waals surface area contributed by atoms with Crippen molar-refractivity contribution < 1.29 is 9.59 Å². The molecule has 1 fully saturated rings. The summed E-state index contributed by atoms with van der Waals surface area (Å²) in [6.45, 7) is 5.83. The number of Topliss-reactive ketones (excluding diaryl/α,β-unsaturated/α-hetero) is 1. The van der Waals surface area contributed by atoms with Gasteiger partial charge in [0.05, 0.1) is 12.1 Å². The van der Waals surface area contributed by atoms with Crippen LogP contribution in [0.4, 0.5) is 5.82 Å². The predicted octanol–water partition coefficient (Wildman–Crippen LogP) is 4.46. The average Bonchev–Trinajstić information content (AvgIpc) is 3.53. The molecule has 3 aromatic heterocycles. The lowest BCUT2D eigenvalue weighted by Crippen LogP contribution is -2.40. The van der Waals surface area contributed by atoms with Crippen LogP contribution in [0.15, 0.2) is 67.6 Å². The molecule has 1 N–H and O–H groups in total. The highest BCUT2D eigenvalue weighted by Gasteiger charge is 2.37. The molecule has 0 spiro atoms. The van der Waals surface area contributed by atoms with Crippen molar-refractivity contribution >= 4 is 29.2 Å². The van der Waals surface area contributed by atoms with Crippen molar-refractivity contribution in [3.63, 3.8) is 0 Å². The number of anilines is 1. The van der Waals surface area contributed by atoms with E-state index >= 15 is 0 Å². The average molecular weight is 493 g/mol. The third-order valence-corrected chi connectivity index (χ3v) is 7.48. The summed E-state index contributed by atoms with van der Waals surface area (Å²) in [5.41, 5.74) is 5.26. The number of fused-ring (bicyclic) bond motifs is 2. The van der Waals surface area contributed by atoms with Crippen LogP contribution in [0.25, 0.3) is 11.7 Å². The molecule has 1 amide bonds. The third kappa shape index (κ3) is 4.28. The highest BCUT2D eigenvalue weighted by atomic mass is 16.2. The van der Waals surface area contributed by atoms with Crippen LogP contribution in [0.1, 0.15) is 63.8 Å². The number of piperidine rings is 1. The Kier molecular flexibility index (Phi) is 6.00. The van der Waals surface area contributed by atoms with Gasteiger partial charge in [0.2, 0.25) is 5.91 Å². The van der Waals surface area contributed by atoms with Gasteiger partial charge in [-0.25, -0.2) is 4.98 Å². The van der Waals surface area contributed by atoms with Crippen molar-refractivity contribution in [3.8, 4) is 0 Å². The van der Waals surface area contributed by atoms with Gasteiger partial charge >= 0.3 is 0 Å². The number of nitrogens with one attached hydrogen (secondary N) is 1. The molecule has 186 valence electrons. The molecule has 0 radical (unpaired) electrons. The highest BCUT2D eigenvalue weighted by Crippen LogP contribution is 2.36. The minimum Gasteiger partial charge on any atom is -0.366 e. The summed E-state index contributed by atoms with van der Waals surface area (Å²) in [6, 6.07) is 13.5. The number of benzene rings is 1. The normalized spacial score (nSPS) is 17.7. The number of hydrogen-bond acceptors (Lipinski definition) is 6. The molecule has 1 unspecified atom stereocenters. The molecular weight excluding hydrogens is 464 g/mol. The summed E-state index contributed by atoms with van der Waals surface area (Å²) < 4.78 is 1.81. The smallest absolute Gasteiger partial charge is 0.230 e. The number of nitrogens with zero attached hydrogens (tertiary/aromatic N) is 5. The van der Waals surface area contributed by atoms with E-state index in [0.29, 0.717) is 25.2 Å². The second-order valence-corrected chi connectivity index (χ2v) is 9.69. The maximum Gasteiger partial charge on any atom is 0.230 e. The molecule has 6 rings (SSSR count). The first-order valence-electron chi connectivity index (χ1n) is 12.7. The zero-order valence-electron chi connectivity index (χ0n) is 20.5. The molecule has 0 saturated carbocycles. The van der Waals surface area contributed by atoms with Crippen LogP contribution in [-0.4, -0.2) is 49.3 Å². The number of pyridine rings is 1. The van der Waals surface area contributed by atoms with Crippen molar-refractivity contribution in [2.45, 2.75) is 37.6 Å². The summed E-state index contributed by atoms with van der Waals surface area (Å²) in [7, 11) is 0. The Morgan fingerprint density at radius 1 is 1.14 bits per heavy atom. The Labute approximate surface area is 215 Å². The molecule has 8 nitrogen and oxygen atoms in total. The van der Waals surface area contributed by atoms with E-state index in [1.165, 1.54) is 0 Å². The highest BCUT2D eigenvalue weighted by molar-refractivity contribution is 6.06. The zero-order valence-corrected chi connectivity index (χ0v) is 20.5. The summed E-state index contributed by atoms with van der Waals surface area (Å²) in [6.07, 6.45) is 9.05. The fraction of sp³-hybridized carbons (Fsp3) is 0.276. The lowest BCUT2D eigenvalue weighted by molar-refractivity contribution is -0.133. The first-order valence-corrected chi connectivity index (χ1v) is 12.7. The minimum absolute atomic E-state index is 0.0590. The summed E-state index contributed by atoms with van der Waals surface area (Å²) in [5, 5.41) is 8.00. The molecule has 2 aliphatic rings. The number of amides is 1. The molecule has 4 aromatic rings. The number of hydrogen-bond donors (Lipinski definition) is 1. The van der Waals surface area contributed by atoms with Gasteiger partial charge in [-0.1, -0.05) is 43.0 Å². The number of rotatable bonds is 6. The van der Waals surface area contributed by atoms with Crippen molar-refractivity contribution in [3.05, 3.63) is 95.6 Å². The number of ketones is 1. The summed E-state index contributed by atoms with van der Waals surface area (Å²) in [5.74, 6) is 0.838. The van der Waals surface area contributed by atoms with Crippen LogP contribution in [-0.2, 0) is 11.3 Å². The first kappa shape index (κ1) is 23.1. The molecule has 8 heteroatoms. The maximum atomic E-state index is 13.4. The molecular formula is C29H28N6O2. The van der Waals surface area contributed by atoms with Gasteiger partial charge in [-0.05, 0) is 30.0 Å². The maximum absolute atomic E-state index is 13.4. The van der Waals surface area contributed by atoms with E-state index in [-0.39, 0.29) is 29.9 Å². The number of likely N-dealkylation sites (tertiary alicyclic amines) is 1. The van der Waals surface area contributed by atoms with Gasteiger partial charge in [0, 0.05) is 67.3 Å². The molecule has 1 aliphatic heterocycles. The standard InChI is InChI=1S/C29H28N6O2/c1-2-20-18-32-35-27(31-17-19-6-5-11-30-16-19)15-25(33-28(20)35)21-9-12-34(13-10-21)29(37)24-14-26(36)23-8-4-3-7-22(23)24/h2-8,11,15-16,18,21,24,31H,1,9-10,12-14,17H2. The minimum atomic E-state index is -0.361. The van der Waals surface area contributed by atoms with Crippen molar-refractivity contribution in [2.75, 3.05) is 18.4 Å². The lowest BCUT2D eigenvalue weighted by atomic mass is 9.91. The van der Waals surface area contributed by atoms with Crippen LogP contribution in [0.2, 0.25) is 0 Å². The Morgan fingerprint density at radius 3 is 2.76 bits per heavy atom. The largest absolute Gasteiger partial charge is 0.366 e. The van der Waals surface area contributed by atoms with E-state index in [1.807, 2.05) is 52.0 Å². The summed E-state index contributed by atoms with van der Waals surface area (Å²) in [4.78, 5) is 36.9. The van der Waals surface area contributed by atoms with Crippen LogP contribution in [0.5, 0.6) is 0 Å². The van der Waals surface area contributed by atoms with Crippen LogP contribution in [0.3, 0.4) is 0 Å². The Hall–Kier alpha value is -4.33. The van der Waals surface area contributed by atoms with E-state index in [4.69, 9.17) is 4.98 Å². The first-order chi connectivity index (χ1) is 18.1. The monoisotopic (exact) mass is 492 g/mol. The van der Waals surface area contributed by atoms with Crippen molar-refractivity contribution in [1.82, 2.24) is 24.5 Å². The van der Waals surface area contributed by atoms with Crippen LogP contribution < -0.4 is 5.32 Å². The second-order valence-electron chi connectivity index (χ2n) is 9.69. The van der Waals surface area contributed by atoms with Crippen molar-refractivity contribution in [2.24, 2.45) is 0 Å². The van der Waals surface area contributed by atoms with E-state index in [2.05, 4.69) is 28.0 Å². The fourth-order valence-corrected chi connectivity index (χ4v) is 5.47. The lowest BCUT2D eigenvalue weighted by Gasteiger charge is -2.33. The Balaban J connectivity index is 1.20. The van der Waals surface area contributed by atoms with Gasteiger partial charge in [0.25, 0.3) is 0 Å². The molecule has 1 aromatic carbocycles. The van der Waals surface area contributed by atoms with Crippen LogP contribution >= 0.6 is 0 Å². The third-order valence-electron chi connectivity index (χ3n) is 7.48. The topological polar surface area (TPSA) is 92.5 Å².